The summed E-state index contributed by atoms with van der Waals surface area (Å²) in [6.45, 7) is 6.92. The second-order valence-electron chi connectivity index (χ2n) is 5.51. The number of anilines is 1. The van der Waals surface area contributed by atoms with Gasteiger partial charge < -0.3 is 5.32 Å². The molecule has 0 saturated heterocycles. The number of nitrogens with zero attached hydrogens (tertiary/aromatic N) is 1. The van der Waals surface area contributed by atoms with Gasteiger partial charge in [0.05, 0.1) is 4.92 Å². The second-order valence-corrected chi connectivity index (χ2v) is 5.51. The van der Waals surface area contributed by atoms with E-state index in [-0.39, 0.29) is 10.6 Å². The Hall–Kier alpha value is -2.36. The summed E-state index contributed by atoms with van der Waals surface area (Å²) in [7, 11) is 0. The van der Waals surface area contributed by atoms with E-state index >= 15 is 0 Å². The molecule has 0 bridgehead atoms. The number of hydrogen-bond acceptors (Lipinski definition) is 3. The molecule has 4 heteroatoms. The topological polar surface area (TPSA) is 55.2 Å². The lowest BCUT2D eigenvalue weighted by atomic mass is 10.0. The first-order valence-corrected chi connectivity index (χ1v) is 7.05. The molecule has 0 aromatic heterocycles. The van der Waals surface area contributed by atoms with Gasteiger partial charge in [-0.1, -0.05) is 44.2 Å². The fourth-order valence-corrected chi connectivity index (χ4v) is 2.13. The monoisotopic (exact) mass is 284 g/mol. The third-order valence-electron chi connectivity index (χ3n) is 3.56. The van der Waals surface area contributed by atoms with E-state index in [0.717, 1.165) is 16.8 Å². The molecule has 0 aliphatic rings. The first kappa shape index (κ1) is 15.0. The van der Waals surface area contributed by atoms with Crippen LogP contribution in [-0.2, 0) is 6.54 Å². The van der Waals surface area contributed by atoms with E-state index in [0.29, 0.717) is 12.5 Å². The standard InChI is InChI=1S/C17H20N2O2/c1-12(2)15-7-5-14(6-8-15)11-18-17-10-16(19(20)21)9-4-13(17)3/h4-10,12,18H,11H2,1-3H3. The van der Waals surface area contributed by atoms with Gasteiger partial charge in [0.2, 0.25) is 0 Å². The highest BCUT2D eigenvalue weighted by molar-refractivity contribution is 5.57. The van der Waals surface area contributed by atoms with Crippen LogP contribution in [0.4, 0.5) is 11.4 Å². The van der Waals surface area contributed by atoms with Crippen molar-refractivity contribution < 1.29 is 4.92 Å². The van der Waals surface area contributed by atoms with Gasteiger partial charge >= 0.3 is 0 Å². The molecule has 2 aromatic carbocycles. The van der Waals surface area contributed by atoms with Crippen LogP contribution in [-0.4, -0.2) is 4.92 Å². The summed E-state index contributed by atoms with van der Waals surface area (Å²) < 4.78 is 0. The highest BCUT2D eigenvalue weighted by Gasteiger charge is 2.08. The van der Waals surface area contributed by atoms with E-state index in [1.165, 1.54) is 11.6 Å². The predicted molar refractivity (Wildman–Crippen MR) is 85.7 cm³/mol. The molecule has 21 heavy (non-hydrogen) atoms. The molecule has 0 unspecified atom stereocenters. The molecular formula is C17H20N2O2. The maximum Gasteiger partial charge on any atom is 0.271 e. The van der Waals surface area contributed by atoms with E-state index in [4.69, 9.17) is 0 Å². The average molecular weight is 284 g/mol. The number of aryl methyl sites for hydroxylation is 1. The van der Waals surface area contributed by atoms with Crippen LogP contribution in [0.15, 0.2) is 42.5 Å². The van der Waals surface area contributed by atoms with Crippen molar-refractivity contribution in [2.75, 3.05) is 5.32 Å². The van der Waals surface area contributed by atoms with Crippen LogP contribution < -0.4 is 5.32 Å². The van der Waals surface area contributed by atoms with Crippen molar-refractivity contribution >= 4 is 11.4 Å². The Morgan fingerprint density at radius 1 is 1.14 bits per heavy atom. The summed E-state index contributed by atoms with van der Waals surface area (Å²) >= 11 is 0. The van der Waals surface area contributed by atoms with Crippen molar-refractivity contribution in [2.24, 2.45) is 0 Å². The molecule has 0 aliphatic carbocycles. The smallest absolute Gasteiger partial charge is 0.271 e. The third-order valence-corrected chi connectivity index (χ3v) is 3.56. The minimum atomic E-state index is -0.373. The number of nitrogens with one attached hydrogen (secondary N) is 1. The van der Waals surface area contributed by atoms with Crippen LogP contribution in [0.25, 0.3) is 0 Å². The molecule has 0 saturated carbocycles. The number of nitro benzene ring substituents is 1. The van der Waals surface area contributed by atoms with Crippen LogP contribution in [0.2, 0.25) is 0 Å². The van der Waals surface area contributed by atoms with E-state index in [1.54, 1.807) is 12.1 Å². The Morgan fingerprint density at radius 2 is 1.81 bits per heavy atom. The van der Waals surface area contributed by atoms with Crippen LogP contribution in [0.3, 0.4) is 0 Å². The zero-order chi connectivity index (χ0) is 15.4. The Morgan fingerprint density at radius 3 is 2.38 bits per heavy atom. The Bertz CT molecular complexity index is 634. The first-order chi connectivity index (χ1) is 9.97. The lowest BCUT2D eigenvalue weighted by Gasteiger charge is -2.11. The van der Waals surface area contributed by atoms with Gasteiger partial charge in [-0.25, -0.2) is 0 Å². The number of rotatable bonds is 5. The van der Waals surface area contributed by atoms with Gasteiger partial charge in [-0.3, -0.25) is 10.1 Å². The quantitative estimate of drug-likeness (QED) is 0.643. The number of hydrogen-bond donors (Lipinski definition) is 1. The molecule has 0 amide bonds. The van der Waals surface area contributed by atoms with Crippen molar-refractivity contribution in [2.45, 2.75) is 33.2 Å². The van der Waals surface area contributed by atoms with Crippen molar-refractivity contribution in [3.63, 3.8) is 0 Å². The van der Waals surface area contributed by atoms with Gasteiger partial charge in [-0.2, -0.15) is 0 Å². The maximum absolute atomic E-state index is 10.8. The van der Waals surface area contributed by atoms with Crippen LogP contribution in [0.1, 0.15) is 36.5 Å². The number of benzene rings is 2. The van der Waals surface area contributed by atoms with Crippen LogP contribution in [0, 0.1) is 17.0 Å². The molecule has 2 rings (SSSR count). The lowest BCUT2D eigenvalue weighted by Crippen LogP contribution is -2.02. The Labute approximate surface area is 125 Å². The molecule has 4 nitrogen and oxygen atoms in total. The van der Waals surface area contributed by atoms with E-state index < -0.39 is 0 Å². The van der Waals surface area contributed by atoms with Crippen molar-refractivity contribution in [3.05, 3.63) is 69.3 Å². The highest BCUT2D eigenvalue weighted by Crippen LogP contribution is 2.22. The van der Waals surface area contributed by atoms with Gasteiger partial charge in [0, 0.05) is 24.4 Å². The molecule has 0 atom stereocenters. The van der Waals surface area contributed by atoms with Gasteiger partial charge in [0.25, 0.3) is 5.69 Å². The van der Waals surface area contributed by atoms with Gasteiger partial charge in [0.15, 0.2) is 0 Å². The molecule has 0 aliphatic heterocycles. The van der Waals surface area contributed by atoms with Crippen molar-refractivity contribution in [1.82, 2.24) is 0 Å². The maximum atomic E-state index is 10.8. The number of nitro groups is 1. The summed E-state index contributed by atoms with van der Waals surface area (Å²) in [6, 6.07) is 13.3. The third kappa shape index (κ3) is 3.81. The normalized spacial score (nSPS) is 10.7. The minimum absolute atomic E-state index is 0.109. The molecule has 0 fully saturated rings. The Balaban J connectivity index is 2.09. The van der Waals surface area contributed by atoms with Crippen LogP contribution >= 0.6 is 0 Å². The van der Waals surface area contributed by atoms with Crippen molar-refractivity contribution in [1.29, 1.82) is 0 Å². The second kappa shape index (κ2) is 6.39. The molecule has 110 valence electrons. The Kier molecular flexibility index (Phi) is 4.58. The zero-order valence-corrected chi connectivity index (χ0v) is 12.6. The average Bonchev–Trinajstić information content (AvgIpc) is 2.46. The molecule has 1 N–H and O–H groups in total. The predicted octanol–water partition coefficient (Wildman–Crippen LogP) is 4.64. The van der Waals surface area contributed by atoms with Crippen molar-refractivity contribution in [3.8, 4) is 0 Å². The lowest BCUT2D eigenvalue weighted by molar-refractivity contribution is -0.384. The first-order valence-electron chi connectivity index (χ1n) is 7.05. The van der Waals surface area contributed by atoms with Gasteiger partial charge in [-0.05, 0) is 29.5 Å². The number of non-ortho nitro benzene ring substituents is 1. The fourth-order valence-electron chi connectivity index (χ4n) is 2.13. The molecule has 0 heterocycles. The fraction of sp³-hybridized carbons (Fsp3) is 0.294. The molecule has 0 radical (unpaired) electrons. The molecule has 2 aromatic rings. The summed E-state index contributed by atoms with van der Waals surface area (Å²) in [5, 5.41) is 14.1. The summed E-state index contributed by atoms with van der Waals surface area (Å²) in [4.78, 5) is 10.4. The van der Waals surface area contributed by atoms with E-state index in [1.807, 2.05) is 6.92 Å². The largest absolute Gasteiger partial charge is 0.381 e. The summed E-state index contributed by atoms with van der Waals surface area (Å²) in [6.07, 6.45) is 0. The van der Waals surface area contributed by atoms with Gasteiger partial charge in [0.1, 0.15) is 0 Å². The SMILES string of the molecule is Cc1ccc([N+](=O)[O-])cc1NCc1ccc(C(C)C)cc1. The minimum Gasteiger partial charge on any atom is -0.381 e. The van der Waals surface area contributed by atoms with E-state index in [2.05, 4.69) is 43.4 Å². The summed E-state index contributed by atoms with van der Waals surface area (Å²) in [5.41, 5.74) is 4.38. The van der Waals surface area contributed by atoms with E-state index in [9.17, 15) is 10.1 Å². The molecule has 0 spiro atoms. The zero-order valence-electron chi connectivity index (χ0n) is 12.6. The van der Waals surface area contributed by atoms with Crippen LogP contribution in [0.5, 0.6) is 0 Å². The highest BCUT2D eigenvalue weighted by atomic mass is 16.6. The summed E-state index contributed by atoms with van der Waals surface area (Å²) in [5.74, 6) is 0.519. The molecular weight excluding hydrogens is 264 g/mol. The van der Waals surface area contributed by atoms with Gasteiger partial charge in [-0.15, -0.1) is 0 Å².